The minimum atomic E-state index is 0.233. The first kappa shape index (κ1) is 11.4. The lowest BCUT2D eigenvalue weighted by atomic mass is 10.1. The quantitative estimate of drug-likeness (QED) is 0.799. The van der Waals surface area contributed by atoms with E-state index in [1.165, 1.54) is 24.1 Å². The van der Waals surface area contributed by atoms with E-state index in [2.05, 4.69) is 29.4 Å². The number of aryl methyl sites for hydroxylation is 2. The molecule has 0 saturated carbocycles. The first-order valence-corrected chi connectivity index (χ1v) is 6.19. The molecule has 1 unspecified atom stereocenters. The van der Waals surface area contributed by atoms with E-state index in [-0.39, 0.29) is 6.61 Å². The van der Waals surface area contributed by atoms with Crippen LogP contribution in [0.3, 0.4) is 0 Å². The fourth-order valence-corrected chi connectivity index (χ4v) is 2.24. The highest BCUT2D eigenvalue weighted by Crippen LogP contribution is 2.22. The molecule has 3 heteroatoms. The van der Waals surface area contributed by atoms with Crippen LogP contribution in [0.2, 0.25) is 0 Å². The van der Waals surface area contributed by atoms with Crippen molar-refractivity contribution in [2.45, 2.75) is 45.1 Å². The Morgan fingerprint density at radius 1 is 1.44 bits per heavy atom. The van der Waals surface area contributed by atoms with E-state index < -0.39 is 0 Å². The standard InChI is InChI=1S/C13H20N2O/c1-2-11(8-9-16)14-13-7-6-10-4-3-5-12(10)15-13/h6-7,11,16H,2-5,8-9H2,1H3,(H,14,15). The highest BCUT2D eigenvalue weighted by atomic mass is 16.3. The monoisotopic (exact) mass is 220 g/mol. The van der Waals surface area contributed by atoms with Gasteiger partial charge in [-0.1, -0.05) is 13.0 Å². The maximum absolute atomic E-state index is 8.94. The van der Waals surface area contributed by atoms with E-state index in [0.717, 1.165) is 25.1 Å². The summed E-state index contributed by atoms with van der Waals surface area (Å²) in [5, 5.41) is 12.3. The summed E-state index contributed by atoms with van der Waals surface area (Å²) in [7, 11) is 0. The SMILES string of the molecule is CCC(CCO)Nc1ccc2c(n1)CCC2. The van der Waals surface area contributed by atoms with Gasteiger partial charge in [0.15, 0.2) is 0 Å². The molecule has 1 atom stereocenters. The van der Waals surface area contributed by atoms with Crippen LogP contribution in [-0.2, 0) is 12.8 Å². The van der Waals surface area contributed by atoms with Gasteiger partial charge in [0, 0.05) is 18.3 Å². The largest absolute Gasteiger partial charge is 0.396 e. The number of pyridine rings is 1. The molecule has 0 radical (unpaired) electrons. The van der Waals surface area contributed by atoms with Crippen molar-refractivity contribution >= 4 is 5.82 Å². The maximum atomic E-state index is 8.94. The van der Waals surface area contributed by atoms with Crippen molar-refractivity contribution in [1.29, 1.82) is 0 Å². The lowest BCUT2D eigenvalue weighted by Crippen LogP contribution is -2.20. The minimum Gasteiger partial charge on any atom is -0.396 e. The number of nitrogens with one attached hydrogen (secondary N) is 1. The van der Waals surface area contributed by atoms with Crippen LogP contribution in [0.25, 0.3) is 0 Å². The molecule has 3 nitrogen and oxygen atoms in total. The van der Waals surface area contributed by atoms with Crippen LogP contribution in [0.5, 0.6) is 0 Å². The number of anilines is 1. The zero-order chi connectivity index (χ0) is 11.4. The van der Waals surface area contributed by atoms with Crippen LogP contribution in [0, 0.1) is 0 Å². The molecule has 88 valence electrons. The van der Waals surface area contributed by atoms with Crippen molar-refractivity contribution < 1.29 is 5.11 Å². The van der Waals surface area contributed by atoms with Gasteiger partial charge in [0.2, 0.25) is 0 Å². The van der Waals surface area contributed by atoms with Crippen molar-refractivity contribution in [2.24, 2.45) is 0 Å². The first-order chi connectivity index (χ1) is 7.83. The van der Waals surface area contributed by atoms with Crippen LogP contribution >= 0.6 is 0 Å². The summed E-state index contributed by atoms with van der Waals surface area (Å²) in [4.78, 5) is 4.63. The summed E-state index contributed by atoms with van der Waals surface area (Å²) in [5.41, 5.74) is 2.66. The van der Waals surface area contributed by atoms with Gasteiger partial charge >= 0.3 is 0 Å². The van der Waals surface area contributed by atoms with Gasteiger partial charge in [0.25, 0.3) is 0 Å². The highest BCUT2D eigenvalue weighted by molar-refractivity contribution is 5.41. The van der Waals surface area contributed by atoms with Gasteiger partial charge in [-0.25, -0.2) is 4.98 Å². The van der Waals surface area contributed by atoms with E-state index in [4.69, 9.17) is 5.11 Å². The Balaban J connectivity index is 2.04. The average Bonchev–Trinajstić information content (AvgIpc) is 2.75. The average molecular weight is 220 g/mol. The van der Waals surface area contributed by atoms with E-state index >= 15 is 0 Å². The predicted molar refractivity (Wildman–Crippen MR) is 65.7 cm³/mol. The number of aliphatic hydroxyl groups is 1. The second kappa shape index (κ2) is 5.30. The van der Waals surface area contributed by atoms with Crippen molar-refractivity contribution in [3.8, 4) is 0 Å². The van der Waals surface area contributed by atoms with Gasteiger partial charge in [0.05, 0.1) is 0 Å². The summed E-state index contributed by atoms with van der Waals surface area (Å²) in [5.74, 6) is 0.959. The molecule has 2 rings (SSSR count). The molecule has 1 heterocycles. The molecule has 0 amide bonds. The van der Waals surface area contributed by atoms with E-state index in [0.29, 0.717) is 6.04 Å². The van der Waals surface area contributed by atoms with E-state index in [9.17, 15) is 0 Å². The molecule has 1 aromatic rings. The van der Waals surface area contributed by atoms with Crippen LogP contribution < -0.4 is 5.32 Å². The number of fused-ring (bicyclic) bond motifs is 1. The van der Waals surface area contributed by atoms with Crippen LogP contribution in [0.4, 0.5) is 5.82 Å². The van der Waals surface area contributed by atoms with Gasteiger partial charge in [-0.3, -0.25) is 0 Å². The number of hydrogen-bond donors (Lipinski definition) is 2. The van der Waals surface area contributed by atoms with Crippen molar-refractivity contribution in [1.82, 2.24) is 4.98 Å². The fourth-order valence-electron chi connectivity index (χ4n) is 2.24. The normalized spacial score (nSPS) is 15.9. The molecule has 0 aliphatic heterocycles. The Kier molecular flexibility index (Phi) is 3.78. The molecule has 1 aromatic heterocycles. The lowest BCUT2D eigenvalue weighted by Gasteiger charge is -2.16. The molecular formula is C13H20N2O. The molecule has 0 saturated heterocycles. The number of rotatable bonds is 5. The number of hydrogen-bond acceptors (Lipinski definition) is 3. The van der Waals surface area contributed by atoms with E-state index in [1.54, 1.807) is 0 Å². The molecular weight excluding hydrogens is 200 g/mol. The Bertz CT molecular complexity index is 352. The zero-order valence-electron chi connectivity index (χ0n) is 9.87. The third-order valence-electron chi connectivity index (χ3n) is 3.25. The summed E-state index contributed by atoms with van der Waals surface area (Å²) in [6.07, 6.45) is 5.33. The molecule has 0 bridgehead atoms. The summed E-state index contributed by atoms with van der Waals surface area (Å²) < 4.78 is 0. The van der Waals surface area contributed by atoms with Gasteiger partial charge in [0.1, 0.15) is 5.82 Å². The lowest BCUT2D eigenvalue weighted by molar-refractivity contribution is 0.278. The summed E-state index contributed by atoms with van der Waals surface area (Å²) in [6.45, 7) is 2.36. The molecule has 2 N–H and O–H groups in total. The number of aliphatic hydroxyl groups excluding tert-OH is 1. The summed E-state index contributed by atoms with van der Waals surface area (Å²) >= 11 is 0. The Hall–Kier alpha value is -1.09. The third-order valence-corrected chi connectivity index (χ3v) is 3.25. The Morgan fingerprint density at radius 2 is 2.31 bits per heavy atom. The van der Waals surface area contributed by atoms with Gasteiger partial charge < -0.3 is 10.4 Å². The summed E-state index contributed by atoms with van der Waals surface area (Å²) in [6, 6.07) is 4.57. The smallest absolute Gasteiger partial charge is 0.126 e. The molecule has 0 spiro atoms. The van der Waals surface area contributed by atoms with Crippen molar-refractivity contribution in [2.75, 3.05) is 11.9 Å². The van der Waals surface area contributed by atoms with Gasteiger partial charge in [-0.2, -0.15) is 0 Å². The molecule has 1 aliphatic rings. The Morgan fingerprint density at radius 3 is 3.06 bits per heavy atom. The number of aromatic nitrogens is 1. The molecule has 1 aliphatic carbocycles. The maximum Gasteiger partial charge on any atom is 0.126 e. The van der Waals surface area contributed by atoms with Gasteiger partial charge in [-0.05, 0) is 43.7 Å². The first-order valence-electron chi connectivity index (χ1n) is 6.19. The second-order valence-corrected chi connectivity index (χ2v) is 4.42. The fraction of sp³-hybridized carbons (Fsp3) is 0.615. The van der Waals surface area contributed by atoms with Crippen LogP contribution in [0.15, 0.2) is 12.1 Å². The highest BCUT2D eigenvalue weighted by Gasteiger charge is 2.13. The minimum absolute atomic E-state index is 0.233. The molecule has 16 heavy (non-hydrogen) atoms. The predicted octanol–water partition coefficient (Wildman–Crippen LogP) is 2.14. The van der Waals surface area contributed by atoms with E-state index in [1.807, 2.05) is 0 Å². The van der Waals surface area contributed by atoms with Crippen LogP contribution in [-0.4, -0.2) is 22.7 Å². The van der Waals surface area contributed by atoms with Crippen molar-refractivity contribution in [3.63, 3.8) is 0 Å². The van der Waals surface area contributed by atoms with Crippen LogP contribution in [0.1, 0.15) is 37.4 Å². The van der Waals surface area contributed by atoms with Crippen molar-refractivity contribution in [3.05, 3.63) is 23.4 Å². The zero-order valence-corrected chi connectivity index (χ0v) is 9.87. The molecule has 0 fully saturated rings. The second-order valence-electron chi connectivity index (χ2n) is 4.42. The van der Waals surface area contributed by atoms with Gasteiger partial charge in [-0.15, -0.1) is 0 Å². The third kappa shape index (κ3) is 2.53. The molecule has 0 aromatic carbocycles. The Labute approximate surface area is 96.9 Å². The topological polar surface area (TPSA) is 45.1 Å². The number of nitrogens with zero attached hydrogens (tertiary/aromatic N) is 1.